The van der Waals surface area contributed by atoms with Crippen LogP contribution >= 0.6 is 0 Å². The molecule has 5 nitrogen and oxygen atoms in total. The largest absolute Gasteiger partial charge is 0.382 e. The fourth-order valence-corrected chi connectivity index (χ4v) is 0.951. The number of nitrogens with two attached hydrogens (primary N) is 1. The van der Waals surface area contributed by atoms with E-state index in [9.17, 15) is 4.79 Å². The summed E-state index contributed by atoms with van der Waals surface area (Å²) in [5.41, 5.74) is 5.69. The first-order valence-corrected chi connectivity index (χ1v) is 5.21. The van der Waals surface area contributed by atoms with E-state index in [2.05, 4.69) is 36.3 Å². The summed E-state index contributed by atoms with van der Waals surface area (Å²) in [5.74, 6) is 0.0790. The van der Waals surface area contributed by atoms with Crippen LogP contribution in [0.15, 0.2) is 12.1 Å². The lowest BCUT2D eigenvalue weighted by atomic mass is 9.88. The average molecular weight is 222 g/mol. The van der Waals surface area contributed by atoms with Gasteiger partial charge in [-0.15, -0.1) is 10.2 Å². The summed E-state index contributed by atoms with van der Waals surface area (Å²) in [6, 6.07) is 3.18. The molecule has 1 unspecified atom stereocenters. The maximum absolute atomic E-state index is 11.8. The highest BCUT2D eigenvalue weighted by Gasteiger charge is 2.22. The first-order valence-electron chi connectivity index (χ1n) is 5.21. The lowest BCUT2D eigenvalue weighted by Crippen LogP contribution is -2.41. The summed E-state index contributed by atoms with van der Waals surface area (Å²) >= 11 is 0. The molecular formula is C11H18N4O. The van der Waals surface area contributed by atoms with Crippen LogP contribution < -0.4 is 11.1 Å². The zero-order valence-corrected chi connectivity index (χ0v) is 10.1. The standard InChI is InChI=1S/C11H18N4O/c1-7(11(2,3)4)13-10(16)8-5-6-9(12)15-14-8/h5-7H,1-4H3,(H2,12,15)(H,13,16). The average Bonchev–Trinajstić information content (AvgIpc) is 2.17. The summed E-state index contributed by atoms with van der Waals surface area (Å²) in [5, 5.41) is 10.2. The van der Waals surface area contributed by atoms with Gasteiger partial charge in [0, 0.05) is 6.04 Å². The number of aromatic nitrogens is 2. The Balaban J connectivity index is 2.70. The Morgan fingerprint density at radius 2 is 2.00 bits per heavy atom. The Labute approximate surface area is 95.4 Å². The minimum atomic E-state index is -0.227. The van der Waals surface area contributed by atoms with Crippen molar-refractivity contribution in [1.82, 2.24) is 15.5 Å². The molecule has 0 aliphatic carbocycles. The second-order valence-electron chi connectivity index (χ2n) is 4.90. The van der Waals surface area contributed by atoms with E-state index in [-0.39, 0.29) is 23.1 Å². The third-order valence-corrected chi connectivity index (χ3v) is 2.56. The zero-order valence-electron chi connectivity index (χ0n) is 10.1. The molecule has 5 heteroatoms. The van der Waals surface area contributed by atoms with Gasteiger partial charge in [-0.2, -0.15) is 0 Å². The Morgan fingerprint density at radius 1 is 1.38 bits per heavy atom. The number of nitrogens with zero attached hydrogens (tertiary/aromatic N) is 2. The molecule has 0 fully saturated rings. The normalized spacial score (nSPS) is 13.2. The van der Waals surface area contributed by atoms with Crippen molar-refractivity contribution < 1.29 is 4.79 Å². The monoisotopic (exact) mass is 222 g/mol. The Morgan fingerprint density at radius 3 is 2.44 bits per heavy atom. The SMILES string of the molecule is CC(NC(=O)c1ccc(N)nn1)C(C)(C)C. The van der Waals surface area contributed by atoms with Crippen LogP contribution in [0.5, 0.6) is 0 Å². The Bertz CT molecular complexity index is 367. The van der Waals surface area contributed by atoms with E-state index in [1.165, 1.54) is 0 Å². The van der Waals surface area contributed by atoms with E-state index in [0.717, 1.165) is 0 Å². The third-order valence-electron chi connectivity index (χ3n) is 2.56. The minimum Gasteiger partial charge on any atom is -0.382 e. The van der Waals surface area contributed by atoms with E-state index < -0.39 is 0 Å². The van der Waals surface area contributed by atoms with Gasteiger partial charge in [0.05, 0.1) is 0 Å². The van der Waals surface area contributed by atoms with Gasteiger partial charge in [0.2, 0.25) is 0 Å². The summed E-state index contributed by atoms with van der Waals surface area (Å²) in [6.07, 6.45) is 0. The van der Waals surface area contributed by atoms with Crippen LogP contribution in [0.4, 0.5) is 5.82 Å². The molecule has 1 atom stereocenters. The quantitative estimate of drug-likeness (QED) is 0.788. The molecule has 1 amide bonds. The number of rotatable bonds is 2. The van der Waals surface area contributed by atoms with E-state index in [1.807, 2.05) is 6.92 Å². The van der Waals surface area contributed by atoms with Gasteiger partial charge in [-0.1, -0.05) is 20.8 Å². The predicted octanol–water partition coefficient (Wildman–Crippen LogP) is 1.22. The molecule has 88 valence electrons. The first kappa shape index (κ1) is 12.4. The summed E-state index contributed by atoms with van der Waals surface area (Å²) < 4.78 is 0. The number of nitrogen functional groups attached to an aromatic ring is 1. The van der Waals surface area contributed by atoms with Crippen LogP contribution in [0.25, 0.3) is 0 Å². The molecule has 1 aromatic heterocycles. The molecule has 16 heavy (non-hydrogen) atoms. The first-order chi connectivity index (χ1) is 7.30. The molecule has 0 radical (unpaired) electrons. The number of anilines is 1. The molecule has 0 aliphatic rings. The number of amides is 1. The van der Waals surface area contributed by atoms with Crippen molar-refractivity contribution in [2.45, 2.75) is 33.7 Å². The van der Waals surface area contributed by atoms with Gasteiger partial charge in [-0.05, 0) is 24.5 Å². The van der Waals surface area contributed by atoms with Crippen molar-refractivity contribution in [1.29, 1.82) is 0 Å². The van der Waals surface area contributed by atoms with E-state index in [1.54, 1.807) is 12.1 Å². The van der Waals surface area contributed by atoms with E-state index >= 15 is 0 Å². The molecule has 0 aliphatic heterocycles. The van der Waals surface area contributed by atoms with Gasteiger partial charge in [-0.3, -0.25) is 4.79 Å². The number of hydrogen-bond donors (Lipinski definition) is 2. The second kappa shape index (κ2) is 4.47. The van der Waals surface area contributed by atoms with Crippen LogP contribution in [-0.4, -0.2) is 22.1 Å². The highest BCUT2D eigenvalue weighted by molar-refractivity contribution is 5.92. The molecule has 0 saturated carbocycles. The van der Waals surface area contributed by atoms with Gasteiger partial charge in [0.15, 0.2) is 5.69 Å². The van der Waals surface area contributed by atoms with Crippen molar-refractivity contribution >= 4 is 11.7 Å². The van der Waals surface area contributed by atoms with Gasteiger partial charge < -0.3 is 11.1 Å². The maximum Gasteiger partial charge on any atom is 0.272 e. The molecule has 1 rings (SSSR count). The van der Waals surface area contributed by atoms with E-state index in [4.69, 9.17) is 5.73 Å². The second-order valence-corrected chi connectivity index (χ2v) is 4.90. The molecule has 0 spiro atoms. The fourth-order valence-electron chi connectivity index (χ4n) is 0.951. The number of carbonyl (C=O) groups excluding carboxylic acids is 1. The van der Waals surface area contributed by atoms with Crippen molar-refractivity contribution in [3.63, 3.8) is 0 Å². The molecule has 0 saturated heterocycles. The lowest BCUT2D eigenvalue weighted by Gasteiger charge is -2.27. The number of nitrogens with one attached hydrogen (secondary N) is 1. The number of carbonyl (C=O) groups is 1. The van der Waals surface area contributed by atoms with Crippen LogP contribution in [-0.2, 0) is 0 Å². The van der Waals surface area contributed by atoms with Crippen molar-refractivity contribution in [2.75, 3.05) is 5.73 Å². The van der Waals surface area contributed by atoms with Crippen LogP contribution in [0.3, 0.4) is 0 Å². The van der Waals surface area contributed by atoms with Crippen LogP contribution in [0.2, 0.25) is 0 Å². The van der Waals surface area contributed by atoms with Crippen molar-refractivity contribution in [3.05, 3.63) is 17.8 Å². The molecule has 0 aromatic carbocycles. The van der Waals surface area contributed by atoms with Gasteiger partial charge in [-0.25, -0.2) is 0 Å². The molecular weight excluding hydrogens is 204 g/mol. The van der Waals surface area contributed by atoms with Crippen molar-refractivity contribution in [3.8, 4) is 0 Å². The van der Waals surface area contributed by atoms with Gasteiger partial charge in [0.25, 0.3) is 5.91 Å². The highest BCUT2D eigenvalue weighted by Crippen LogP contribution is 2.18. The summed E-state index contributed by atoms with van der Waals surface area (Å²) in [4.78, 5) is 11.8. The minimum absolute atomic E-state index is 0.0108. The maximum atomic E-state index is 11.8. The molecule has 3 N–H and O–H groups in total. The fraction of sp³-hybridized carbons (Fsp3) is 0.545. The molecule has 1 aromatic rings. The lowest BCUT2D eigenvalue weighted by molar-refractivity contribution is 0.0904. The molecule has 0 bridgehead atoms. The Kier molecular flexibility index (Phi) is 3.47. The highest BCUT2D eigenvalue weighted by atomic mass is 16.2. The smallest absolute Gasteiger partial charge is 0.272 e. The van der Waals surface area contributed by atoms with Crippen molar-refractivity contribution in [2.24, 2.45) is 5.41 Å². The summed E-state index contributed by atoms with van der Waals surface area (Å²) in [6.45, 7) is 8.15. The van der Waals surface area contributed by atoms with Crippen LogP contribution in [0.1, 0.15) is 38.2 Å². The van der Waals surface area contributed by atoms with Crippen LogP contribution in [0, 0.1) is 5.41 Å². The topological polar surface area (TPSA) is 80.9 Å². The predicted molar refractivity (Wildman–Crippen MR) is 62.8 cm³/mol. The zero-order chi connectivity index (χ0) is 12.3. The molecule has 1 heterocycles. The van der Waals surface area contributed by atoms with E-state index in [0.29, 0.717) is 5.82 Å². The number of hydrogen-bond acceptors (Lipinski definition) is 4. The third kappa shape index (κ3) is 3.18. The van der Waals surface area contributed by atoms with Gasteiger partial charge in [0.1, 0.15) is 5.82 Å². The summed E-state index contributed by atoms with van der Waals surface area (Å²) in [7, 11) is 0. The Hall–Kier alpha value is -1.65. The van der Waals surface area contributed by atoms with Gasteiger partial charge >= 0.3 is 0 Å².